The van der Waals surface area contributed by atoms with Crippen molar-refractivity contribution < 1.29 is 9.21 Å². The van der Waals surface area contributed by atoms with Crippen LogP contribution in [0.3, 0.4) is 0 Å². The predicted molar refractivity (Wildman–Crippen MR) is 94.7 cm³/mol. The molecule has 24 heavy (non-hydrogen) atoms. The molecule has 0 saturated heterocycles. The molecule has 0 fully saturated rings. The van der Waals surface area contributed by atoms with Crippen LogP contribution in [-0.2, 0) is 0 Å². The summed E-state index contributed by atoms with van der Waals surface area (Å²) in [5.41, 5.74) is 4.84. The summed E-state index contributed by atoms with van der Waals surface area (Å²) in [6.45, 7) is 1.99. The van der Waals surface area contributed by atoms with Crippen LogP contribution in [0.25, 0.3) is 33.4 Å². The van der Waals surface area contributed by atoms with Gasteiger partial charge in [-0.1, -0.05) is 36.4 Å². The number of hydrogen-bond acceptors (Lipinski definition) is 3. The van der Waals surface area contributed by atoms with Crippen molar-refractivity contribution in [2.75, 3.05) is 0 Å². The maximum atomic E-state index is 11.7. The quantitative estimate of drug-likeness (QED) is 0.398. The highest BCUT2D eigenvalue weighted by molar-refractivity contribution is 6.05. The number of fused-ring (bicyclic) bond motifs is 2. The van der Waals surface area contributed by atoms with Crippen molar-refractivity contribution in [1.82, 2.24) is 0 Å². The van der Waals surface area contributed by atoms with Gasteiger partial charge in [0.1, 0.15) is 11.3 Å². The highest BCUT2D eigenvalue weighted by Crippen LogP contribution is 2.40. The van der Waals surface area contributed by atoms with Crippen molar-refractivity contribution >= 4 is 17.3 Å². The summed E-state index contributed by atoms with van der Waals surface area (Å²) in [4.78, 5) is 23.2. The van der Waals surface area contributed by atoms with Crippen LogP contribution in [0.5, 0.6) is 0 Å². The lowest BCUT2D eigenvalue weighted by Crippen LogP contribution is -2.00. The second kappa shape index (κ2) is 5.46. The Bertz CT molecular complexity index is 1110. The zero-order valence-corrected chi connectivity index (χ0v) is 13.1. The van der Waals surface area contributed by atoms with Crippen LogP contribution in [-0.4, -0.2) is 6.29 Å². The average Bonchev–Trinajstić information content (AvgIpc) is 2.59. The summed E-state index contributed by atoms with van der Waals surface area (Å²) in [5.74, 6) is 0.524. The Morgan fingerprint density at radius 3 is 2.58 bits per heavy atom. The highest BCUT2D eigenvalue weighted by Gasteiger charge is 2.18. The molecular weight excluding hydrogens is 300 g/mol. The van der Waals surface area contributed by atoms with Crippen molar-refractivity contribution in [3.8, 4) is 22.5 Å². The SMILES string of the molecule is Cc1ccc2c(-c3ccccc3C=O)c3ccc(=O)cc-3oc2c1. The third-order valence-electron chi connectivity index (χ3n) is 4.21. The van der Waals surface area contributed by atoms with Crippen LogP contribution >= 0.6 is 0 Å². The van der Waals surface area contributed by atoms with Gasteiger partial charge in [0.15, 0.2) is 11.7 Å². The van der Waals surface area contributed by atoms with Gasteiger partial charge >= 0.3 is 0 Å². The van der Waals surface area contributed by atoms with Gasteiger partial charge in [-0.2, -0.15) is 0 Å². The molecule has 3 heteroatoms. The summed E-state index contributed by atoms with van der Waals surface area (Å²) in [6, 6.07) is 18.2. The smallest absolute Gasteiger partial charge is 0.182 e. The number of rotatable bonds is 2. The topological polar surface area (TPSA) is 47.3 Å². The number of carbonyl (C=O) groups excluding carboxylic acids is 1. The van der Waals surface area contributed by atoms with E-state index in [1.165, 1.54) is 12.1 Å². The second-order valence-corrected chi connectivity index (χ2v) is 5.84. The average molecular weight is 314 g/mol. The Morgan fingerprint density at radius 2 is 1.75 bits per heavy atom. The van der Waals surface area contributed by atoms with E-state index >= 15 is 0 Å². The third kappa shape index (κ3) is 2.22. The maximum Gasteiger partial charge on any atom is 0.182 e. The van der Waals surface area contributed by atoms with E-state index in [-0.39, 0.29) is 5.43 Å². The molecule has 0 bridgehead atoms. The molecule has 0 atom stereocenters. The van der Waals surface area contributed by atoms with E-state index in [0.717, 1.165) is 33.9 Å². The summed E-state index contributed by atoms with van der Waals surface area (Å²) in [6.07, 6.45) is 0.854. The van der Waals surface area contributed by atoms with Gasteiger partial charge in [-0.25, -0.2) is 0 Å². The molecule has 1 aliphatic carbocycles. The molecule has 2 aromatic carbocycles. The van der Waals surface area contributed by atoms with Gasteiger partial charge < -0.3 is 4.42 Å². The molecule has 0 radical (unpaired) electrons. The van der Waals surface area contributed by atoms with Gasteiger partial charge in [0.2, 0.25) is 0 Å². The van der Waals surface area contributed by atoms with E-state index in [9.17, 15) is 9.59 Å². The lowest BCUT2D eigenvalue weighted by Gasteiger charge is -2.16. The molecule has 0 N–H and O–H groups in total. The molecule has 0 aromatic heterocycles. The van der Waals surface area contributed by atoms with Crippen LogP contribution in [0.2, 0.25) is 0 Å². The lowest BCUT2D eigenvalue weighted by atomic mass is 9.91. The largest absolute Gasteiger partial charge is 0.456 e. The molecule has 2 aromatic rings. The van der Waals surface area contributed by atoms with Crippen molar-refractivity contribution in [1.29, 1.82) is 0 Å². The molecule has 3 nitrogen and oxygen atoms in total. The van der Waals surface area contributed by atoms with Crippen molar-refractivity contribution in [2.45, 2.75) is 6.92 Å². The van der Waals surface area contributed by atoms with Crippen LogP contribution in [0.4, 0.5) is 0 Å². The highest BCUT2D eigenvalue weighted by atomic mass is 16.3. The lowest BCUT2D eigenvalue weighted by molar-refractivity contribution is 0.112. The summed E-state index contributed by atoms with van der Waals surface area (Å²) >= 11 is 0. The van der Waals surface area contributed by atoms with E-state index in [4.69, 9.17) is 4.42 Å². The first kappa shape index (κ1) is 14.4. The first-order chi connectivity index (χ1) is 11.7. The molecule has 0 saturated carbocycles. The number of carbonyl (C=O) groups is 1. The Hall–Kier alpha value is -3.20. The van der Waals surface area contributed by atoms with Crippen molar-refractivity contribution in [3.05, 3.63) is 82.0 Å². The summed E-state index contributed by atoms with van der Waals surface area (Å²) < 4.78 is 5.96. The van der Waals surface area contributed by atoms with Gasteiger partial charge in [-0.3, -0.25) is 9.59 Å². The number of aldehydes is 1. The van der Waals surface area contributed by atoms with Gasteiger partial charge in [0, 0.05) is 28.1 Å². The van der Waals surface area contributed by atoms with Gasteiger partial charge in [-0.05, 0) is 36.2 Å². The Balaban J connectivity index is 2.23. The molecule has 0 spiro atoms. The minimum atomic E-state index is -0.104. The second-order valence-electron chi connectivity index (χ2n) is 5.84. The van der Waals surface area contributed by atoms with Gasteiger partial charge in [-0.15, -0.1) is 0 Å². The summed E-state index contributed by atoms with van der Waals surface area (Å²) in [5, 5.41) is 0.918. The molecular formula is C21H14O3. The van der Waals surface area contributed by atoms with E-state index in [2.05, 4.69) is 0 Å². The monoisotopic (exact) mass is 314 g/mol. The minimum Gasteiger partial charge on any atom is -0.456 e. The molecule has 4 rings (SSSR count). The Kier molecular flexibility index (Phi) is 3.28. The van der Waals surface area contributed by atoms with E-state index in [0.29, 0.717) is 16.9 Å². The zero-order chi connectivity index (χ0) is 16.7. The van der Waals surface area contributed by atoms with Crippen LogP contribution < -0.4 is 5.43 Å². The number of benzene rings is 3. The molecule has 2 aliphatic rings. The van der Waals surface area contributed by atoms with E-state index in [1.54, 1.807) is 12.1 Å². The fourth-order valence-corrected chi connectivity index (χ4v) is 3.10. The Morgan fingerprint density at radius 1 is 0.917 bits per heavy atom. The zero-order valence-electron chi connectivity index (χ0n) is 13.1. The minimum absolute atomic E-state index is 0.104. The Labute approximate surface area is 138 Å². The maximum absolute atomic E-state index is 11.7. The fourth-order valence-electron chi connectivity index (χ4n) is 3.10. The van der Waals surface area contributed by atoms with Crippen LogP contribution in [0.15, 0.2) is 69.9 Å². The molecule has 116 valence electrons. The third-order valence-corrected chi connectivity index (χ3v) is 4.21. The van der Waals surface area contributed by atoms with Gasteiger partial charge in [0.25, 0.3) is 0 Å². The van der Waals surface area contributed by atoms with E-state index < -0.39 is 0 Å². The van der Waals surface area contributed by atoms with Crippen molar-refractivity contribution in [2.24, 2.45) is 0 Å². The normalized spacial score (nSPS) is 11.0. The van der Waals surface area contributed by atoms with Crippen molar-refractivity contribution in [3.63, 3.8) is 0 Å². The standard InChI is InChI=1S/C21H14O3/c1-13-6-8-17-19(10-13)24-20-11-15(23)7-9-18(20)21(17)16-5-3-2-4-14(16)12-22/h2-12H,1H3. The first-order valence-corrected chi connectivity index (χ1v) is 7.69. The fraction of sp³-hybridized carbons (Fsp3) is 0.0476. The van der Waals surface area contributed by atoms with Gasteiger partial charge in [0.05, 0.1) is 0 Å². The van der Waals surface area contributed by atoms with Crippen LogP contribution in [0.1, 0.15) is 15.9 Å². The molecule has 0 unspecified atom stereocenters. The number of aryl methyl sites for hydroxylation is 1. The van der Waals surface area contributed by atoms with Crippen LogP contribution in [0, 0.1) is 6.92 Å². The summed E-state index contributed by atoms with van der Waals surface area (Å²) in [7, 11) is 0. The molecule has 0 amide bonds. The predicted octanol–water partition coefficient (Wildman–Crippen LogP) is 4.69. The van der Waals surface area contributed by atoms with E-state index in [1.807, 2.05) is 43.3 Å². The first-order valence-electron chi connectivity index (χ1n) is 7.69. The molecule has 1 aliphatic heterocycles. The molecule has 1 heterocycles. The number of hydrogen-bond donors (Lipinski definition) is 0.